The van der Waals surface area contributed by atoms with E-state index in [9.17, 15) is 4.91 Å². The third-order valence-corrected chi connectivity index (χ3v) is 2.77. The second kappa shape index (κ2) is 2.68. The van der Waals surface area contributed by atoms with Gasteiger partial charge in [-0.1, -0.05) is 18.2 Å². The highest BCUT2D eigenvalue weighted by atomic mass is 32.1. The maximum atomic E-state index is 11.2. The Bertz CT molecular complexity index is 475. The van der Waals surface area contributed by atoms with Gasteiger partial charge in [-0.25, -0.2) is 0 Å². The predicted molar refractivity (Wildman–Crippen MR) is 49.9 cm³/mol. The van der Waals surface area contributed by atoms with E-state index in [1.165, 1.54) is 11.5 Å². The molecule has 2 rings (SSSR count). The fourth-order valence-corrected chi connectivity index (χ4v) is 1.87. The normalized spacial score (nSPS) is 10.4. The average molecular weight is 178 g/mol. The van der Waals surface area contributed by atoms with Crippen LogP contribution in [0.2, 0.25) is 0 Å². The molecule has 2 aromatic rings. The quantitative estimate of drug-likeness (QED) is 0.567. The molecule has 0 bridgehead atoms. The van der Waals surface area contributed by atoms with Crippen molar-refractivity contribution in [2.24, 2.45) is 0 Å². The summed E-state index contributed by atoms with van der Waals surface area (Å²) in [6.07, 6.45) is 0. The van der Waals surface area contributed by atoms with Crippen LogP contribution in [-0.4, -0.2) is 0 Å². The molecule has 0 radical (unpaired) electrons. The molecule has 0 saturated carbocycles. The van der Waals surface area contributed by atoms with Gasteiger partial charge in [-0.3, -0.25) is 0 Å². The van der Waals surface area contributed by atoms with Crippen LogP contribution in [0, 0.1) is 11.8 Å². The van der Waals surface area contributed by atoms with Crippen molar-refractivity contribution in [1.82, 2.24) is 0 Å². The SMILES string of the molecule is Cc1cc2ccccc2s[n+]1=O. The van der Waals surface area contributed by atoms with E-state index >= 15 is 0 Å². The van der Waals surface area contributed by atoms with Crippen molar-refractivity contribution in [3.05, 3.63) is 40.9 Å². The molecule has 1 aromatic heterocycles. The van der Waals surface area contributed by atoms with Gasteiger partial charge in [0.25, 0.3) is 5.69 Å². The molecule has 60 valence electrons. The molecule has 3 heteroatoms. The smallest absolute Gasteiger partial charge is 0.0616 e. The Hall–Kier alpha value is -1.22. The highest BCUT2D eigenvalue weighted by Crippen LogP contribution is 2.14. The molecule has 0 unspecified atom stereocenters. The van der Waals surface area contributed by atoms with Gasteiger partial charge in [0.1, 0.15) is 8.52 Å². The fraction of sp³-hybridized carbons (Fsp3) is 0.111. The summed E-state index contributed by atoms with van der Waals surface area (Å²) in [5.41, 5.74) is 0.749. The van der Waals surface area contributed by atoms with E-state index in [4.69, 9.17) is 0 Å². The van der Waals surface area contributed by atoms with Crippen molar-refractivity contribution in [3.8, 4) is 0 Å². The van der Waals surface area contributed by atoms with E-state index in [0.717, 1.165) is 19.6 Å². The van der Waals surface area contributed by atoms with E-state index in [1.807, 2.05) is 37.3 Å². The molecule has 0 N–H and O–H groups in total. The van der Waals surface area contributed by atoms with Gasteiger partial charge in [-0.15, -0.1) is 0 Å². The van der Waals surface area contributed by atoms with Crippen LogP contribution in [0.4, 0.5) is 0 Å². The lowest BCUT2D eigenvalue weighted by Gasteiger charge is -1.88. The zero-order chi connectivity index (χ0) is 8.55. The number of nitrogens with zero attached hydrogens (tertiary/aromatic N) is 1. The number of benzene rings is 1. The summed E-state index contributed by atoms with van der Waals surface area (Å²) in [4.78, 5) is 11.2. The summed E-state index contributed by atoms with van der Waals surface area (Å²) in [5.74, 6) is 0. The van der Waals surface area contributed by atoms with E-state index in [-0.39, 0.29) is 0 Å². The van der Waals surface area contributed by atoms with E-state index < -0.39 is 0 Å². The van der Waals surface area contributed by atoms with Crippen LogP contribution in [0.15, 0.2) is 30.3 Å². The monoisotopic (exact) mass is 178 g/mol. The Morgan fingerprint density at radius 1 is 1.33 bits per heavy atom. The largest absolute Gasteiger partial charge is 0.254 e. The second-order valence-corrected chi connectivity index (χ2v) is 3.63. The Balaban J connectivity index is 2.93. The molecular formula is C9H8NOS+. The first-order chi connectivity index (χ1) is 5.77. The van der Waals surface area contributed by atoms with Crippen LogP contribution in [0.3, 0.4) is 0 Å². The number of hydrogen-bond acceptors (Lipinski definition) is 2. The van der Waals surface area contributed by atoms with Crippen LogP contribution >= 0.6 is 11.5 Å². The van der Waals surface area contributed by atoms with Crippen molar-refractivity contribution in [1.29, 1.82) is 0 Å². The van der Waals surface area contributed by atoms with Crippen LogP contribution < -0.4 is 3.82 Å². The fourth-order valence-electron chi connectivity index (χ4n) is 1.12. The van der Waals surface area contributed by atoms with E-state index in [2.05, 4.69) is 0 Å². The molecule has 0 saturated heterocycles. The van der Waals surface area contributed by atoms with Crippen LogP contribution in [0.5, 0.6) is 0 Å². The summed E-state index contributed by atoms with van der Waals surface area (Å²) in [5, 5.41) is 1.13. The molecule has 0 fully saturated rings. The number of fused-ring (bicyclic) bond motifs is 1. The summed E-state index contributed by atoms with van der Waals surface area (Å²) in [6, 6.07) is 9.78. The Kier molecular flexibility index (Phi) is 1.66. The molecule has 0 atom stereocenters. The highest BCUT2D eigenvalue weighted by molar-refractivity contribution is 7.09. The average Bonchev–Trinajstić information content (AvgIpc) is 2.07. The second-order valence-electron chi connectivity index (χ2n) is 2.67. The minimum atomic E-state index is 0.749. The third kappa shape index (κ3) is 1.12. The Labute approximate surface area is 73.8 Å². The van der Waals surface area contributed by atoms with E-state index in [1.54, 1.807) is 0 Å². The summed E-state index contributed by atoms with van der Waals surface area (Å²) in [7, 11) is 0. The number of hydrogen-bond donors (Lipinski definition) is 0. The van der Waals surface area contributed by atoms with Crippen molar-refractivity contribution in [2.75, 3.05) is 0 Å². The van der Waals surface area contributed by atoms with Gasteiger partial charge >= 0.3 is 0 Å². The number of aryl methyl sites for hydroxylation is 1. The van der Waals surface area contributed by atoms with Crippen LogP contribution in [0.25, 0.3) is 10.1 Å². The minimum absolute atomic E-state index is 0.749. The summed E-state index contributed by atoms with van der Waals surface area (Å²) < 4.78 is 1.96. The van der Waals surface area contributed by atoms with Crippen LogP contribution in [-0.2, 0) is 0 Å². The van der Waals surface area contributed by atoms with Gasteiger partial charge in [0.15, 0.2) is 0 Å². The highest BCUT2D eigenvalue weighted by Gasteiger charge is 2.05. The Morgan fingerprint density at radius 3 is 2.92 bits per heavy atom. The molecule has 1 aromatic carbocycles. The lowest BCUT2D eigenvalue weighted by molar-refractivity contribution is -0.424. The molecule has 12 heavy (non-hydrogen) atoms. The first-order valence-electron chi connectivity index (χ1n) is 3.70. The van der Waals surface area contributed by atoms with Gasteiger partial charge in [0, 0.05) is 23.3 Å². The predicted octanol–water partition coefficient (Wildman–Crippen LogP) is 2.12. The van der Waals surface area contributed by atoms with Gasteiger partial charge < -0.3 is 0 Å². The first-order valence-corrected chi connectivity index (χ1v) is 4.47. The van der Waals surface area contributed by atoms with Crippen molar-refractivity contribution < 1.29 is 3.82 Å². The van der Waals surface area contributed by atoms with Gasteiger partial charge in [-0.2, -0.15) is 0 Å². The van der Waals surface area contributed by atoms with Crippen molar-refractivity contribution >= 4 is 21.6 Å². The van der Waals surface area contributed by atoms with Gasteiger partial charge in [-0.05, 0) is 6.07 Å². The number of aromatic nitrogens is 1. The first kappa shape index (κ1) is 7.43. The zero-order valence-corrected chi connectivity index (χ0v) is 7.47. The van der Waals surface area contributed by atoms with Crippen molar-refractivity contribution in [2.45, 2.75) is 6.92 Å². The molecule has 0 amide bonds. The molecule has 0 aliphatic carbocycles. The number of rotatable bonds is 0. The minimum Gasteiger partial charge on any atom is -0.0616 e. The maximum Gasteiger partial charge on any atom is 0.254 e. The molecule has 0 aliphatic heterocycles. The Morgan fingerprint density at radius 2 is 2.08 bits per heavy atom. The van der Waals surface area contributed by atoms with Crippen LogP contribution in [0.1, 0.15) is 5.69 Å². The lowest BCUT2D eigenvalue weighted by Crippen LogP contribution is -2.12. The van der Waals surface area contributed by atoms with Gasteiger partial charge in [0.05, 0.1) is 0 Å². The lowest BCUT2D eigenvalue weighted by atomic mass is 10.2. The van der Waals surface area contributed by atoms with Crippen molar-refractivity contribution in [3.63, 3.8) is 0 Å². The summed E-state index contributed by atoms with van der Waals surface area (Å²) in [6.45, 7) is 1.82. The molecule has 0 spiro atoms. The van der Waals surface area contributed by atoms with Gasteiger partial charge in [0.2, 0.25) is 11.5 Å². The molecular weight excluding hydrogens is 170 g/mol. The molecule has 2 nitrogen and oxygen atoms in total. The summed E-state index contributed by atoms with van der Waals surface area (Å²) >= 11 is 1.23. The van der Waals surface area contributed by atoms with E-state index in [0.29, 0.717) is 0 Å². The molecule has 0 aliphatic rings. The topological polar surface area (TPSA) is 23.0 Å². The molecule has 1 heterocycles. The zero-order valence-electron chi connectivity index (χ0n) is 6.65. The third-order valence-electron chi connectivity index (χ3n) is 1.75. The standard InChI is InChI=1S/C9H8NOS/c1-7-6-8-4-2-3-5-9(8)12-10(7)11/h2-6H,1H3/q+1. The maximum absolute atomic E-state index is 11.2.